The molecule has 1 aromatic heterocycles. The number of furan rings is 1. The first kappa shape index (κ1) is 14.8. The van der Waals surface area contributed by atoms with Gasteiger partial charge in [0, 0.05) is 11.6 Å². The second kappa shape index (κ2) is 6.59. The maximum Gasteiger partial charge on any atom is 0.372 e. The minimum Gasteiger partial charge on any atom is -0.475 e. The van der Waals surface area contributed by atoms with Crippen LogP contribution in [0.25, 0.3) is 0 Å². The highest BCUT2D eigenvalue weighted by Crippen LogP contribution is 2.16. The van der Waals surface area contributed by atoms with Crippen LogP contribution in [0.5, 0.6) is 0 Å². The summed E-state index contributed by atoms with van der Waals surface area (Å²) in [5, 5.41) is 12.3. The highest BCUT2D eigenvalue weighted by molar-refractivity contribution is 5.86. The summed E-state index contributed by atoms with van der Waals surface area (Å²) in [4.78, 5) is 10.9. The van der Waals surface area contributed by atoms with Crippen LogP contribution in [0.15, 0.2) is 10.5 Å². The van der Waals surface area contributed by atoms with Crippen molar-refractivity contribution in [3.8, 4) is 0 Å². The topological polar surface area (TPSA) is 62.5 Å². The zero-order valence-electron chi connectivity index (χ0n) is 11.6. The number of nitrogens with one attached hydrogen (secondary N) is 1. The van der Waals surface area contributed by atoms with Crippen LogP contribution in [-0.4, -0.2) is 17.1 Å². The molecule has 0 fully saturated rings. The fraction of sp³-hybridized carbons (Fsp3) is 0.643. The van der Waals surface area contributed by atoms with Crippen LogP contribution in [0, 0.1) is 12.8 Å². The number of aryl methyl sites for hydroxylation is 1. The van der Waals surface area contributed by atoms with Gasteiger partial charge in [-0.3, -0.25) is 0 Å². The van der Waals surface area contributed by atoms with Crippen molar-refractivity contribution in [1.82, 2.24) is 5.32 Å². The van der Waals surface area contributed by atoms with E-state index in [9.17, 15) is 4.79 Å². The molecule has 0 aliphatic rings. The molecule has 102 valence electrons. The quantitative estimate of drug-likeness (QED) is 0.783. The van der Waals surface area contributed by atoms with Crippen LogP contribution in [0.2, 0.25) is 0 Å². The molecule has 0 aliphatic carbocycles. The van der Waals surface area contributed by atoms with Crippen molar-refractivity contribution >= 4 is 5.97 Å². The Bertz CT molecular complexity index is 394. The number of aromatic carboxylic acids is 1. The van der Waals surface area contributed by atoms with Gasteiger partial charge in [0.05, 0.1) is 6.54 Å². The Hall–Kier alpha value is -1.29. The van der Waals surface area contributed by atoms with Crippen molar-refractivity contribution in [3.05, 3.63) is 23.2 Å². The molecule has 1 aromatic rings. The SMILES string of the molecule is CCC(CC)C(C)NCc1cc(C)c(C(=O)O)o1. The summed E-state index contributed by atoms with van der Waals surface area (Å²) in [7, 11) is 0. The largest absolute Gasteiger partial charge is 0.475 e. The Morgan fingerprint density at radius 3 is 2.50 bits per heavy atom. The molecule has 4 heteroatoms. The van der Waals surface area contributed by atoms with Crippen LogP contribution >= 0.6 is 0 Å². The van der Waals surface area contributed by atoms with E-state index in [-0.39, 0.29) is 5.76 Å². The predicted molar refractivity (Wildman–Crippen MR) is 70.8 cm³/mol. The van der Waals surface area contributed by atoms with E-state index in [1.807, 2.05) is 0 Å². The number of hydrogen-bond donors (Lipinski definition) is 2. The molecular formula is C14H23NO3. The van der Waals surface area contributed by atoms with E-state index in [2.05, 4.69) is 26.1 Å². The smallest absolute Gasteiger partial charge is 0.372 e. The van der Waals surface area contributed by atoms with Gasteiger partial charge in [-0.15, -0.1) is 0 Å². The van der Waals surface area contributed by atoms with E-state index in [1.54, 1.807) is 13.0 Å². The highest BCUT2D eigenvalue weighted by Gasteiger charge is 2.16. The lowest BCUT2D eigenvalue weighted by atomic mass is 9.95. The van der Waals surface area contributed by atoms with Gasteiger partial charge < -0.3 is 14.8 Å². The monoisotopic (exact) mass is 253 g/mol. The van der Waals surface area contributed by atoms with E-state index in [0.29, 0.717) is 29.8 Å². The van der Waals surface area contributed by atoms with Crippen LogP contribution in [0.4, 0.5) is 0 Å². The second-order valence-electron chi connectivity index (χ2n) is 4.78. The molecule has 2 N–H and O–H groups in total. The molecule has 0 bridgehead atoms. The fourth-order valence-corrected chi connectivity index (χ4v) is 2.27. The highest BCUT2D eigenvalue weighted by atomic mass is 16.4. The van der Waals surface area contributed by atoms with Crippen LogP contribution < -0.4 is 5.32 Å². The Morgan fingerprint density at radius 1 is 1.44 bits per heavy atom. The standard InChI is InChI=1S/C14H23NO3/c1-5-11(6-2)10(4)15-8-12-7-9(3)13(18-12)14(16)17/h7,10-11,15H,5-6,8H2,1-4H3,(H,16,17). The van der Waals surface area contributed by atoms with E-state index < -0.39 is 5.97 Å². The molecule has 0 spiro atoms. The zero-order valence-corrected chi connectivity index (χ0v) is 11.6. The van der Waals surface area contributed by atoms with E-state index >= 15 is 0 Å². The molecule has 0 aromatic carbocycles. The summed E-state index contributed by atoms with van der Waals surface area (Å²) >= 11 is 0. The third-order valence-corrected chi connectivity index (χ3v) is 3.52. The van der Waals surface area contributed by atoms with Gasteiger partial charge in [0.2, 0.25) is 5.76 Å². The van der Waals surface area contributed by atoms with Gasteiger partial charge in [-0.05, 0) is 25.8 Å². The molecule has 0 radical (unpaired) electrons. The maximum absolute atomic E-state index is 10.9. The molecule has 0 saturated heterocycles. The average molecular weight is 253 g/mol. The summed E-state index contributed by atoms with van der Waals surface area (Å²) in [6.45, 7) is 8.86. The molecule has 1 unspecified atom stereocenters. The molecule has 1 heterocycles. The van der Waals surface area contributed by atoms with Gasteiger partial charge in [-0.25, -0.2) is 4.79 Å². The van der Waals surface area contributed by atoms with Crippen LogP contribution in [0.1, 0.15) is 55.5 Å². The molecule has 0 saturated carbocycles. The lowest BCUT2D eigenvalue weighted by Crippen LogP contribution is -2.32. The van der Waals surface area contributed by atoms with Crippen molar-refractivity contribution in [2.45, 2.75) is 53.1 Å². The molecular weight excluding hydrogens is 230 g/mol. The van der Waals surface area contributed by atoms with Crippen molar-refractivity contribution in [3.63, 3.8) is 0 Å². The van der Waals surface area contributed by atoms with Gasteiger partial charge in [0.15, 0.2) is 0 Å². The first-order valence-electron chi connectivity index (χ1n) is 6.55. The van der Waals surface area contributed by atoms with Gasteiger partial charge in [0.25, 0.3) is 0 Å². The van der Waals surface area contributed by atoms with Crippen LogP contribution in [0.3, 0.4) is 0 Å². The lowest BCUT2D eigenvalue weighted by molar-refractivity contribution is 0.0659. The lowest BCUT2D eigenvalue weighted by Gasteiger charge is -2.21. The summed E-state index contributed by atoms with van der Waals surface area (Å²) < 4.78 is 5.31. The first-order chi connectivity index (χ1) is 8.49. The second-order valence-corrected chi connectivity index (χ2v) is 4.78. The predicted octanol–water partition coefficient (Wildman–Crippen LogP) is 3.20. The van der Waals surface area contributed by atoms with E-state index in [0.717, 1.165) is 12.8 Å². The Balaban J connectivity index is 2.58. The van der Waals surface area contributed by atoms with E-state index in [4.69, 9.17) is 9.52 Å². The minimum absolute atomic E-state index is 0.0435. The van der Waals surface area contributed by atoms with E-state index in [1.165, 1.54) is 0 Å². The molecule has 4 nitrogen and oxygen atoms in total. The number of carbonyl (C=O) groups is 1. The van der Waals surface area contributed by atoms with Crippen molar-refractivity contribution in [2.24, 2.45) is 5.92 Å². The van der Waals surface area contributed by atoms with Gasteiger partial charge in [-0.1, -0.05) is 26.7 Å². The number of carboxylic acid groups (broad SMARTS) is 1. The molecule has 0 amide bonds. The summed E-state index contributed by atoms with van der Waals surface area (Å²) in [6, 6.07) is 2.19. The Morgan fingerprint density at radius 2 is 2.06 bits per heavy atom. The molecule has 0 aliphatic heterocycles. The minimum atomic E-state index is -1.01. The third-order valence-electron chi connectivity index (χ3n) is 3.52. The normalized spacial score (nSPS) is 12.9. The zero-order chi connectivity index (χ0) is 13.7. The molecule has 1 rings (SSSR count). The van der Waals surface area contributed by atoms with Gasteiger partial charge in [-0.2, -0.15) is 0 Å². The summed E-state index contributed by atoms with van der Waals surface area (Å²) in [6.07, 6.45) is 2.28. The number of rotatable bonds is 7. The first-order valence-corrected chi connectivity index (χ1v) is 6.55. The third kappa shape index (κ3) is 3.60. The fourth-order valence-electron chi connectivity index (χ4n) is 2.27. The van der Waals surface area contributed by atoms with Crippen molar-refractivity contribution < 1.29 is 14.3 Å². The number of hydrogen-bond acceptors (Lipinski definition) is 3. The average Bonchev–Trinajstić information content (AvgIpc) is 2.69. The maximum atomic E-state index is 10.9. The molecule has 1 atom stereocenters. The van der Waals surface area contributed by atoms with Crippen molar-refractivity contribution in [1.29, 1.82) is 0 Å². The Kier molecular flexibility index (Phi) is 5.41. The Labute approximate surface area is 108 Å². The van der Waals surface area contributed by atoms with Gasteiger partial charge in [0.1, 0.15) is 5.76 Å². The van der Waals surface area contributed by atoms with Crippen LogP contribution in [-0.2, 0) is 6.54 Å². The van der Waals surface area contributed by atoms with Crippen molar-refractivity contribution in [2.75, 3.05) is 0 Å². The summed E-state index contributed by atoms with van der Waals surface area (Å²) in [5.74, 6) is 0.358. The molecule has 18 heavy (non-hydrogen) atoms. The van der Waals surface area contributed by atoms with Gasteiger partial charge >= 0.3 is 5.97 Å². The number of carboxylic acids is 1. The summed E-state index contributed by atoms with van der Waals surface area (Å²) in [5.41, 5.74) is 0.675.